The van der Waals surface area contributed by atoms with Gasteiger partial charge in [0.25, 0.3) is 0 Å². The largest absolute Gasteiger partial charge is 0.489 e. The van der Waals surface area contributed by atoms with Crippen molar-refractivity contribution in [2.24, 2.45) is 0 Å². The van der Waals surface area contributed by atoms with E-state index in [0.29, 0.717) is 17.6 Å². The molecule has 1 amide bonds. The van der Waals surface area contributed by atoms with E-state index in [1.54, 1.807) is 0 Å². The Hall–Kier alpha value is -3.58. The van der Waals surface area contributed by atoms with Gasteiger partial charge in [0.1, 0.15) is 12.4 Å². The molecule has 1 atom stereocenters. The first-order valence-electron chi connectivity index (χ1n) is 9.99. The minimum atomic E-state index is -0.184. The standard InChI is InChI=1S/C24H20N4O2S/c29-22(16-31-24-25-23(26-27-24)18-11-5-2-6-12-18)28-19-13-7-8-14-21(19)30-15-20(28)17-9-3-1-4-10-17/h1-14,20H,15-16H2,(H,25,26,27)/t20-/m0/s1. The van der Waals surface area contributed by atoms with E-state index in [-0.39, 0.29) is 17.7 Å². The highest BCUT2D eigenvalue weighted by Gasteiger charge is 2.33. The fourth-order valence-electron chi connectivity index (χ4n) is 3.65. The third-order valence-corrected chi connectivity index (χ3v) is 5.96. The lowest BCUT2D eigenvalue weighted by Crippen LogP contribution is -2.42. The zero-order chi connectivity index (χ0) is 21.0. The van der Waals surface area contributed by atoms with Crippen LogP contribution in [0.3, 0.4) is 0 Å². The van der Waals surface area contributed by atoms with Crippen molar-refractivity contribution in [1.29, 1.82) is 0 Å². The molecule has 0 saturated carbocycles. The minimum Gasteiger partial charge on any atom is -0.489 e. The van der Waals surface area contributed by atoms with Crippen molar-refractivity contribution in [1.82, 2.24) is 15.2 Å². The molecule has 6 nitrogen and oxygen atoms in total. The summed E-state index contributed by atoms with van der Waals surface area (Å²) in [5, 5.41) is 7.76. The Labute approximate surface area is 184 Å². The van der Waals surface area contributed by atoms with Gasteiger partial charge in [-0.15, -0.1) is 5.10 Å². The number of nitrogens with zero attached hydrogens (tertiary/aromatic N) is 3. The van der Waals surface area contributed by atoms with Crippen LogP contribution in [0.2, 0.25) is 0 Å². The summed E-state index contributed by atoms with van der Waals surface area (Å²) in [6.07, 6.45) is 0. The monoisotopic (exact) mass is 428 g/mol. The lowest BCUT2D eigenvalue weighted by Gasteiger charge is -2.37. The molecule has 154 valence electrons. The van der Waals surface area contributed by atoms with Gasteiger partial charge in [0, 0.05) is 5.56 Å². The zero-order valence-corrected chi connectivity index (χ0v) is 17.5. The highest BCUT2D eigenvalue weighted by molar-refractivity contribution is 7.99. The number of carbonyl (C=O) groups excluding carboxylic acids is 1. The molecule has 0 unspecified atom stereocenters. The molecule has 0 aliphatic carbocycles. The molecule has 1 N–H and O–H groups in total. The SMILES string of the molecule is O=C(CSc1n[nH]c(-c2ccccc2)n1)N1c2ccccc2OC[C@H]1c1ccccc1. The molecule has 0 fully saturated rings. The van der Waals surface area contributed by atoms with Gasteiger partial charge in [-0.25, -0.2) is 4.98 Å². The van der Waals surface area contributed by atoms with Gasteiger partial charge < -0.3 is 4.74 Å². The number of nitrogens with one attached hydrogen (secondary N) is 1. The van der Waals surface area contributed by atoms with Gasteiger partial charge in [-0.3, -0.25) is 14.8 Å². The molecular formula is C24H20N4O2S. The number of thioether (sulfide) groups is 1. The Kier molecular flexibility index (Phi) is 5.41. The second kappa shape index (κ2) is 8.65. The highest BCUT2D eigenvalue weighted by Crippen LogP contribution is 2.39. The third-order valence-electron chi connectivity index (χ3n) is 5.12. The summed E-state index contributed by atoms with van der Waals surface area (Å²) >= 11 is 1.32. The second-order valence-corrected chi connectivity index (χ2v) is 8.03. The molecule has 0 saturated heterocycles. The van der Waals surface area contributed by atoms with E-state index < -0.39 is 0 Å². The Bertz CT molecular complexity index is 1180. The lowest BCUT2D eigenvalue weighted by atomic mass is 10.0. The van der Waals surface area contributed by atoms with Crippen molar-refractivity contribution in [3.8, 4) is 17.1 Å². The van der Waals surface area contributed by atoms with Gasteiger partial charge >= 0.3 is 0 Å². The van der Waals surface area contributed by atoms with Crippen LogP contribution in [0.4, 0.5) is 5.69 Å². The molecule has 1 aliphatic rings. The van der Waals surface area contributed by atoms with Crippen LogP contribution in [0.15, 0.2) is 90.1 Å². The smallest absolute Gasteiger partial charge is 0.238 e. The Morgan fingerprint density at radius 1 is 1.00 bits per heavy atom. The molecular weight excluding hydrogens is 408 g/mol. The molecule has 0 spiro atoms. The van der Waals surface area contributed by atoms with Crippen LogP contribution in [-0.2, 0) is 4.79 Å². The first-order chi connectivity index (χ1) is 15.3. The summed E-state index contributed by atoms with van der Waals surface area (Å²) in [7, 11) is 0. The number of ether oxygens (including phenoxy) is 1. The fraction of sp³-hybridized carbons (Fsp3) is 0.125. The Morgan fingerprint density at radius 2 is 1.71 bits per heavy atom. The summed E-state index contributed by atoms with van der Waals surface area (Å²) < 4.78 is 5.96. The molecule has 2 heterocycles. The number of H-pyrrole nitrogens is 1. The van der Waals surface area contributed by atoms with Gasteiger partial charge in [-0.05, 0) is 17.7 Å². The van der Waals surface area contributed by atoms with Crippen LogP contribution in [0, 0.1) is 0 Å². The van der Waals surface area contributed by atoms with E-state index in [1.165, 1.54) is 11.8 Å². The van der Waals surface area contributed by atoms with Gasteiger partial charge in [-0.2, -0.15) is 0 Å². The van der Waals surface area contributed by atoms with Gasteiger partial charge in [0.2, 0.25) is 11.1 Å². The van der Waals surface area contributed by atoms with Crippen molar-refractivity contribution in [3.05, 3.63) is 90.5 Å². The number of carbonyl (C=O) groups is 1. The summed E-state index contributed by atoms with van der Waals surface area (Å²) in [6, 6.07) is 27.2. The van der Waals surface area contributed by atoms with Crippen LogP contribution in [0.25, 0.3) is 11.4 Å². The second-order valence-electron chi connectivity index (χ2n) is 7.09. The van der Waals surface area contributed by atoms with Crippen molar-refractivity contribution in [2.75, 3.05) is 17.3 Å². The maximum absolute atomic E-state index is 13.4. The van der Waals surface area contributed by atoms with Crippen molar-refractivity contribution in [3.63, 3.8) is 0 Å². The van der Waals surface area contributed by atoms with E-state index in [1.807, 2.05) is 89.8 Å². The minimum absolute atomic E-state index is 0.0133. The number of aromatic nitrogens is 3. The van der Waals surface area contributed by atoms with E-state index >= 15 is 0 Å². The number of fused-ring (bicyclic) bond motifs is 1. The van der Waals surface area contributed by atoms with E-state index in [9.17, 15) is 4.79 Å². The molecule has 3 aromatic carbocycles. The fourth-order valence-corrected chi connectivity index (χ4v) is 4.31. The summed E-state index contributed by atoms with van der Waals surface area (Å²) in [4.78, 5) is 19.7. The number of amides is 1. The van der Waals surface area contributed by atoms with Crippen LogP contribution in [0.5, 0.6) is 5.75 Å². The van der Waals surface area contributed by atoms with Gasteiger partial charge in [0.05, 0.1) is 17.5 Å². The van der Waals surface area contributed by atoms with Crippen molar-refractivity contribution >= 4 is 23.4 Å². The summed E-state index contributed by atoms with van der Waals surface area (Å²) in [5.74, 6) is 1.62. The van der Waals surface area contributed by atoms with Crippen LogP contribution in [-0.4, -0.2) is 33.4 Å². The summed E-state index contributed by atoms with van der Waals surface area (Å²) in [5.41, 5.74) is 2.78. The Balaban J connectivity index is 1.37. The lowest BCUT2D eigenvalue weighted by molar-refractivity contribution is -0.117. The van der Waals surface area contributed by atoms with Crippen LogP contribution < -0.4 is 9.64 Å². The normalized spacial score (nSPS) is 15.2. The average molecular weight is 429 g/mol. The predicted molar refractivity (Wildman–Crippen MR) is 121 cm³/mol. The van der Waals surface area contributed by atoms with Crippen molar-refractivity contribution < 1.29 is 9.53 Å². The van der Waals surface area contributed by atoms with Crippen LogP contribution in [0.1, 0.15) is 11.6 Å². The first kappa shape index (κ1) is 19.4. The van der Waals surface area contributed by atoms with Crippen LogP contribution >= 0.6 is 11.8 Å². The molecule has 5 rings (SSSR count). The zero-order valence-electron chi connectivity index (χ0n) is 16.6. The highest BCUT2D eigenvalue weighted by atomic mass is 32.2. The molecule has 1 aromatic heterocycles. The topological polar surface area (TPSA) is 71.1 Å². The molecule has 7 heteroatoms. The number of benzene rings is 3. The molecule has 1 aliphatic heterocycles. The van der Waals surface area contributed by atoms with Gasteiger partial charge in [0.15, 0.2) is 5.82 Å². The van der Waals surface area contributed by atoms with Crippen molar-refractivity contribution in [2.45, 2.75) is 11.2 Å². The Morgan fingerprint density at radius 3 is 2.52 bits per heavy atom. The maximum Gasteiger partial charge on any atom is 0.238 e. The number of anilines is 1. The average Bonchev–Trinajstić information content (AvgIpc) is 3.32. The molecule has 0 bridgehead atoms. The number of para-hydroxylation sites is 2. The third kappa shape index (κ3) is 4.04. The number of hydrogen-bond acceptors (Lipinski definition) is 5. The maximum atomic E-state index is 13.4. The predicted octanol–water partition coefficient (Wildman–Crippen LogP) is 4.73. The van der Waals surface area contributed by atoms with E-state index in [2.05, 4.69) is 15.2 Å². The van der Waals surface area contributed by atoms with E-state index in [4.69, 9.17) is 4.74 Å². The molecule has 0 radical (unpaired) electrons. The number of rotatable bonds is 5. The van der Waals surface area contributed by atoms with Gasteiger partial charge in [-0.1, -0.05) is 84.6 Å². The quantitative estimate of drug-likeness (QED) is 0.465. The number of hydrogen-bond donors (Lipinski definition) is 1. The first-order valence-corrected chi connectivity index (χ1v) is 11.0. The summed E-state index contributed by atoms with van der Waals surface area (Å²) in [6.45, 7) is 0.413. The van der Waals surface area contributed by atoms with E-state index in [0.717, 1.165) is 22.6 Å². The molecule has 31 heavy (non-hydrogen) atoms. The molecule has 4 aromatic rings. The number of aromatic amines is 1.